The van der Waals surface area contributed by atoms with Gasteiger partial charge in [0.25, 0.3) is 0 Å². The molecule has 1 rings (SSSR count). The minimum absolute atomic E-state index is 0.117. The van der Waals surface area contributed by atoms with Crippen molar-refractivity contribution >= 4 is 0 Å². The highest BCUT2D eigenvalue weighted by atomic mass is 19.4. The Labute approximate surface area is 81.5 Å². The molecule has 0 spiro atoms. The van der Waals surface area contributed by atoms with Gasteiger partial charge in [-0.05, 0) is 12.8 Å². The van der Waals surface area contributed by atoms with Crippen LogP contribution in [-0.4, -0.2) is 30.0 Å². The maximum atomic E-state index is 12.5. The first-order valence-corrected chi connectivity index (χ1v) is 4.65. The second-order valence-corrected chi connectivity index (χ2v) is 4.76. The molecular weight excluding hydrogens is 195 g/mol. The summed E-state index contributed by atoms with van der Waals surface area (Å²) in [7, 11) is 0. The fourth-order valence-corrected chi connectivity index (χ4v) is 1.15. The summed E-state index contributed by atoms with van der Waals surface area (Å²) in [5.74, 6) is 0. The Hall–Kier alpha value is -0.290. The average Bonchev–Trinajstić information content (AvgIpc) is 2.80. The molecule has 0 amide bonds. The summed E-state index contributed by atoms with van der Waals surface area (Å²) < 4.78 is 37.4. The first kappa shape index (κ1) is 11.8. The first-order valence-electron chi connectivity index (χ1n) is 4.65. The smallest absolute Gasteiger partial charge is 0.396 e. The van der Waals surface area contributed by atoms with E-state index in [-0.39, 0.29) is 26.0 Å². The minimum Gasteiger partial charge on any atom is -0.396 e. The summed E-state index contributed by atoms with van der Waals surface area (Å²) in [6.45, 7) is 3.52. The van der Waals surface area contributed by atoms with E-state index in [4.69, 9.17) is 5.11 Å². The van der Waals surface area contributed by atoms with Crippen molar-refractivity contribution in [3.63, 3.8) is 0 Å². The maximum absolute atomic E-state index is 12.5. The van der Waals surface area contributed by atoms with E-state index in [9.17, 15) is 13.2 Å². The fourth-order valence-electron chi connectivity index (χ4n) is 1.15. The third-order valence-electron chi connectivity index (χ3n) is 2.63. The molecule has 0 aliphatic heterocycles. The van der Waals surface area contributed by atoms with Gasteiger partial charge in [-0.2, -0.15) is 13.2 Å². The highest BCUT2D eigenvalue weighted by Gasteiger charge is 2.63. The molecule has 5 heteroatoms. The zero-order valence-corrected chi connectivity index (χ0v) is 8.41. The molecule has 0 bridgehead atoms. The highest BCUT2D eigenvalue weighted by molar-refractivity contribution is 5.08. The van der Waals surface area contributed by atoms with Crippen molar-refractivity contribution in [2.24, 2.45) is 5.41 Å². The van der Waals surface area contributed by atoms with Crippen LogP contribution in [0.25, 0.3) is 0 Å². The Bertz CT molecular complexity index is 209. The van der Waals surface area contributed by atoms with Gasteiger partial charge in [-0.3, -0.25) is 0 Å². The van der Waals surface area contributed by atoms with Gasteiger partial charge < -0.3 is 10.4 Å². The second-order valence-electron chi connectivity index (χ2n) is 4.76. The van der Waals surface area contributed by atoms with Crippen LogP contribution in [0.4, 0.5) is 13.2 Å². The Morgan fingerprint density at radius 1 is 1.29 bits per heavy atom. The topological polar surface area (TPSA) is 32.3 Å². The molecule has 0 aromatic carbocycles. The summed E-state index contributed by atoms with van der Waals surface area (Å²) in [6.07, 6.45) is -3.87. The molecular formula is C9H16F3NO. The van der Waals surface area contributed by atoms with Crippen LogP contribution in [0.5, 0.6) is 0 Å². The lowest BCUT2D eigenvalue weighted by Gasteiger charge is -2.27. The molecule has 0 saturated heterocycles. The Morgan fingerprint density at radius 2 is 1.79 bits per heavy atom. The lowest BCUT2D eigenvalue weighted by Crippen LogP contribution is -2.48. The molecule has 0 unspecified atom stereocenters. The quantitative estimate of drug-likeness (QED) is 0.741. The van der Waals surface area contributed by atoms with Crippen molar-refractivity contribution in [3.8, 4) is 0 Å². The van der Waals surface area contributed by atoms with E-state index in [1.807, 2.05) is 0 Å². The van der Waals surface area contributed by atoms with Gasteiger partial charge in [-0.15, -0.1) is 0 Å². The summed E-state index contributed by atoms with van der Waals surface area (Å²) >= 11 is 0. The summed E-state index contributed by atoms with van der Waals surface area (Å²) in [4.78, 5) is 0. The predicted octanol–water partition coefficient (Wildman–Crippen LogP) is 1.69. The van der Waals surface area contributed by atoms with Gasteiger partial charge in [0.15, 0.2) is 0 Å². The molecule has 0 heterocycles. The van der Waals surface area contributed by atoms with Gasteiger partial charge in [0.2, 0.25) is 0 Å². The van der Waals surface area contributed by atoms with E-state index in [1.165, 1.54) is 0 Å². The van der Waals surface area contributed by atoms with Crippen LogP contribution in [0, 0.1) is 5.41 Å². The van der Waals surface area contributed by atoms with E-state index in [2.05, 4.69) is 5.32 Å². The van der Waals surface area contributed by atoms with Gasteiger partial charge in [-0.1, -0.05) is 13.8 Å². The van der Waals surface area contributed by atoms with Crippen molar-refractivity contribution in [3.05, 3.63) is 0 Å². The van der Waals surface area contributed by atoms with E-state index in [0.29, 0.717) is 0 Å². The van der Waals surface area contributed by atoms with E-state index in [1.54, 1.807) is 13.8 Å². The molecule has 0 atom stereocenters. The third kappa shape index (κ3) is 2.39. The van der Waals surface area contributed by atoms with E-state index < -0.39 is 17.1 Å². The zero-order valence-electron chi connectivity index (χ0n) is 8.41. The van der Waals surface area contributed by atoms with Crippen LogP contribution in [-0.2, 0) is 0 Å². The number of halogens is 3. The number of aliphatic hydroxyl groups excluding tert-OH is 1. The lowest BCUT2D eigenvalue weighted by atomic mass is 9.94. The number of nitrogens with one attached hydrogen (secondary N) is 1. The van der Waals surface area contributed by atoms with Crippen molar-refractivity contribution in [1.29, 1.82) is 0 Å². The molecule has 2 N–H and O–H groups in total. The van der Waals surface area contributed by atoms with Gasteiger partial charge in [0.05, 0.1) is 0 Å². The Morgan fingerprint density at radius 3 is 2.07 bits per heavy atom. The van der Waals surface area contributed by atoms with E-state index in [0.717, 1.165) is 0 Å². The average molecular weight is 211 g/mol. The van der Waals surface area contributed by atoms with Crippen LogP contribution in [0.2, 0.25) is 0 Å². The second kappa shape index (κ2) is 3.38. The van der Waals surface area contributed by atoms with Crippen LogP contribution in [0.1, 0.15) is 26.7 Å². The number of alkyl halides is 3. The number of hydrogen-bond donors (Lipinski definition) is 2. The summed E-state index contributed by atoms with van der Waals surface area (Å²) in [5.41, 5.74) is -2.17. The third-order valence-corrected chi connectivity index (χ3v) is 2.63. The first-order chi connectivity index (χ1) is 6.22. The molecule has 0 radical (unpaired) electrons. The minimum atomic E-state index is -4.17. The van der Waals surface area contributed by atoms with Crippen molar-refractivity contribution in [2.45, 2.75) is 38.4 Å². The Balaban J connectivity index is 2.46. The molecule has 1 fully saturated rings. The predicted molar refractivity (Wildman–Crippen MR) is 46.9 cm³/mol. The standard InChI is InChI=1S/C9H16F3NO/c1-7(2,6-14)5-13-8(3-4-8)9(10,11)12/h13-14H,3-6H2,1-2H3. The largest absolute Gasteiger partial charge is 0.406 e. The molecule has 1 saturated carbocycles. The SMILES string of the molecule is CC(C)(CO)CNC1(C(F)(F)F)CC1. The van der Waals surface area contributed by atoms with Crippen molar-refractivity contribution < 1.29 is 18.3 Å². The van der Waals surface area contributed by atoms with Crippen LogP contribution in [0.15, 0.2) is 0 Å². The van der Waals surface area contributed by atoms with Crippen LogP contribution >= 0.6 is 0 Å². The number of hydrogen-bond acceptors (Lipinski definition) is 2. The molecule has 2 nitrogen and oxygen atoms in total. The number of rotatable bonds is 4. The molecule has 1 aliphatic rings. The van der Waals surface area contributed by atoms with Crippen molar-refractivity contribution in [1.82, 2.24) is 5.32 Å². The molecule has 0 aromatic heterocycles. The van der Waals surface area contributed by atoms with Crippen molar-refractivity contribution in [2.75, 3.05) is 13.2 Å². The fraction of sp³-hybridized carbons (Fsp3) is 1.00. The highest BCUT2D eigenvalue weighted by Crippen LogP contribution is 2.49. The zero-order chi connectivity index (χ0) is 11.0. The summed E-state index contributed by atoms with van der Waals surface area (Å²) in [5, 5.41) is 11.4. The molecule has 14 heavy (non-hydrogen) atoms. The van der Waals surface area contributed by atoms with Crippen LogP contribution in [0.3, 0.4) is 0 Å². The number of aliphatic hydroxyl groups is 1. The molecule has 1 aliphatic carbocycles. The normalized spacial score (nSPS) is 21.0. The maximum Gasteiger partial charge on any atom is 0.406 e. The molecule has 0 aromatic rings. The van der Waals surface area contributed by atoms with Crippen LogP contribution < -0.4 is 5.32 Å². The van der Waals surface area contributed by atoms with E-state index >= 15 is 0 Å². The monoisotopic (exact) mass is 211 g/mol. The van der Waals surface area contributed by atoms with Gasteiger partial charge in [0.1, 0.15) is 5.54 Å². The molecule has 84 valence electrons. The van der Waals surface area contributed by atoms with Gasteiger partial charge >= 0.3 is 6.18 Å². The summed E-state index contributed by atoms with van der Waals surface area (Å²) in [6, 6.07) is 0. The van der Waals surface area contributed by atoms with Gasteiger partial charge in [-0.25, -0.2) is 0 Å². The Kier molecular flexibility index (Phi) is 2.84. The van der Waals surface area contributed by atoms with Gasteiger partial charge in [0, 0.05) is 18.6 Å². The lowest BCUT2D eigenvalue weighted by molar-refractivity contribution is -0.167.